The fraction of sp³-hybridized carbons (Fsp3) is 0.357. The monoisotopic (exact) mass is 708 g/mol. The SMILES string of the molecule is C=C(C)C(=O)OCCOc1cc2c(cc1-c1cc3c(cc1COC(=O)C(=C)C)C(c1cc(OC(=O)C(=C)C)cc4c1C(OC)C4)C3OC)CC2OC. The Balaban J connectivity index is 1.44. The van der Waals surface area contributed by atoms with Crippen molar-refractivity contribution in [3.63, 3.8) is 0 Å². The van der Waals surface area contributed by atoms with Gasteiger partial charge in [-0.05, 0) is 101 Å². The average molecular weight is 709 g/mol. The number of carbonyl (C=O) groups excluding carboxylic acids is 3. The molecule has 0 fully saturated rings. The van der Waals surface area contributed by atoms with Crippen LogP contribution in [0.5, 0.6) is 11.5 Å². The third kappa shape index (κ3) is 6.81. The van der Waals surface area contributed by atoms with E-state index < -0.39 is 17.9 Å². The quantitative estimate of drug-likeness (QED) is 0.0691. The fourth-order valence-electron chi connectivity index (χ4n) is 7.07. The molecule has 0 aliphatic heterocycles. The lowest BCUT2D eigenvalue weighted by Gasteiger charge is -2.43. The number of hydrogen-bond donors (Lipinski definition) is 0. The Labute approximate surface area is 303 Å². The van der Waals surface area contributed by atoms with E-state index >= 15 is 0 Å². The summed E-state index contributed by atoms with van der Waals surface area (Å²) >= 11 is 0. The molecule has 0 saturated carbocycles. The number of benzene rings is 3. The van der Waals surface area contributed by atoms with Crippen molar-refractivity contribution in [1.29, 1.82) is 0 Å². The van der Waals surface area contributed by atoms with Crippen LogP contribution in [0.2, 0.25) is 0 Å². The minimum atomic E-state index is -0.507. The molecule has 0 radical (unpaired) electrons. The lowest BCUT2D eigenvalue weighted by Crippen LogP contribution is -2.31. The van der Waals surface area contributed by atoms with Gasteiger partial charge in [-0.2, -0.15) is 0 Å². The molecule has 0 saturated heterocycles. The number of fused-ring (bicyclic) bond motifs is 3. The second-order valence-electron chi connectivity index (χ2n) is 13.6. The summed E-state index contributed by atoms with van der Waals surface area (Å²) in [4.78, 5) is 37.2. The highest BCUT2D eigenvalue weighted by Crippen LogP contribution is 2.57. The van der Waals surface area contributed by atoms with Crippen LogP contribution in [0.1, 0.15) is 89.5 Å². The number of ether oxygens (including phenoxy) is 7. The summed E-state index contributed by atoms with van der Waals surface area (Å²) < 4.78 is 40.6. The van der Waals surface area contributed by atoms with E-state index in [-0.39, 0.29) is 49.6 Å². The van der Waals surface area contributed by atoms with Crippen LogP contribution in [-0.4, -0.2) is 52.5 Å². The summed E-state index contributed by atoms with van der Waals surface area (Å²) in [6, 6.07) is 11.9. The van der Waals surface area contributed by atoms with Gasteiger partial charge in [0.25, 0.3) is 0 Å². The molecule has 4 atom stereocenters. The van der Waals surface area contributed by atoms with Crippen LogP contribution in [0.3, 0.4) is 0 Å². The molecular weight excluding hydrogens is 664 g/mol. The van der Waals surface area contributed by atoms with E-state index in [4.69, 9.17) is 33.2 Å². The van der Waals surface area contributed by atoms with Gasteiger partial charge in [0.1, 0.15) is 31.3 Å². The van der Waals surface area contributed by atoms with E-state index in [1.807, 2.05) is 24.3 Å². The number of esters is 3. The molecule has 3 aliphatic rings. The molecule has 10 heteroatoms. The minimum absolute atomic E-state index is 0.0266. The number of methoxy groups -OCH3 is 3. The molecule has 0 amide bonds. The molecule has 52 heavy (non-hydrogen) atoms. The van der Waals surface area contributed by atoms with Gasteiger partial charge < -0.3 is 33.2 Å². The number of hydrogen-bond acceptors (Lipinski definition) is 10. The Hall–Kier alpha value is -5.03. The highest BCUT2D eigenvalue weighted by atomic mass is 16.6. The average Bonchev–Trinajstić information content (AvgIpc) is 3.08. The zero-order valence-electron chi connectivity index (χ0n) is 30.5. The smallest absolute Gasteiger partial charge is 0.338 e. The van der Waals surface area contributed by atoms with E-state index in [1.54, 1.807) is 42.1 Å². The van der Waals surface area contributed by atoms with Crippen LogP contribution >= 0.6 is 0 Å². The largest absolute Gasteiger partial charge is 0.489 e. The van der Waals surface area contributed by atoms with Crippen LogP contribution < -0.4 is 9.47 Å². The molecule has 6 rings (SSSR count). The first-order valence-electron chi connectivity index (χ1n) is 17.1. The molecule has 3 aliphatic carbocycles. The first-order valence-corrected chi connectivity index (χ1v) is 17.1. The van der Waals surface area contributed by atoms with Gasteiger partial charge in [-0.25, -0.2) is 14.4 Å². The first kappa shape index (κ1) is 36.8. The van der Waals surface area contributed by atoms with E-state index in [1.165, 1.54) is 0 Å². The molecule has 3 aromatic carbocycles. The van der Waals surface area contributed by atoms with Crippen molar-refractivity contribution >= 4 is 17.9 Å². The van der Waals surface area contributed by atoms with Gasteiger partial charge in [0.15, 0.2) is 0 Å². The maximum atomic E-state index is 12.7. The molecule has 4 unspecified atom stereocenters. The Morgan fingerprint density at radius 1 is 0.654 bits per heavy atom. The summed E-state index contributed by atoms with van der Waals surface area (Å²) in [5.74, 6) is -0.723. The van der Waals surface area contributed by atoms with Crippen molar-refractivity contribution in [2.45, 2.75) is 64.4 Å². The summed E-state index contributed by atoms with van der Waals surface area (Å²) in [5.41, 5.74) is 10.3. The van der Waals surface area contributed by atoms with Gasteiger partial charge in [0.2, 0.25) is 0 Å². The lowest BCUT2D eigenvalue weighted by atomic mass is 9.65. The van der Waals surface area contributed by atoms with Crippen LogP contribution in [-0.2, 0) is 57.5 Å². The Morgan fingerprint density at radius 3 is 1.98 bits per heavy atom. The predicted molar refractivity (Wildman–Crippen MR) is 193 cm³/mol. The van der Waals surface area contributed by atoms with Crippen molar-refractivity contribution in [1.82, 2.24) is 0 Å². The van der Waals surface area contributed by atoms with Gasteiger partial charge in [-0.3, -0.25) is 0 Å². The molecule has 272 valence electrons. The van der Waals surface area contributed by atoms with Crippen molar-refractivity contribution < 1.29 is 47.5 Å². The molecule has 3 aromatic rings. The van der Waals surface area contributed by atoms with Crippen molar-refractivity contribution in [3.8, 4) is 22.6 Å². The zero-order chi connectivity index (χ0) is 37.4. The maximum absolute atomic E-state index is 12.7. The molecule has 10 nitrogen and oxygen atoms in total. The van der Waals surface area contributed by atoms with Gasteiger partial charge >= 0.3 is 17.9 Å². The van der Waals surface area contributed by atoms with E-state index in [2.05, 4.69) is 31.9 Å². The summed E-state index contributed by atoms with van der Waals surface area (Å²) in [7, 11) is 5.03. The lowest BCUT2D eigenvalue weighted by molar-refractivity contribution is -0.140. The van der Waals surface area contributed by atoms with Gasteiger partial charge in [0, 0.05) is 62.4 Å². The van der Waals surface area contributed by atoms with Crippen molar-refractivity contribution in [3.05, 3.63) is 117 Å². The third-order valence-corrected chi connectivity index (χ3v) is 9.88. The first-order chi connectivity index (χ1) is 24.9. The highest BCUT2D eigenvalue weighted by molar-refractivity contribution is 5.89. The van der Waals surface area contributed by atoms with Crippen LogP contribution in [0.4, 0.5) is 0 Å². The molecule has 0 heterocycles. The Bertz CT molecular complexity index is 2010. The molecule has 0 bridgehead atoms. The van der Waals surface area contributed by atoms with E-state index in [0.29, 0.717) is 29.1 Å². The molecule has 0 N–H and O–H groups in total. The number of rotatable bonds is 15. The normalized spacial score (nSPS) is 19.0. The zero-order valence-corrected chi connectivity index (χ0v) is 30.5. The van der Waals surface area contributed by atoms with Gasteiger partial charge in [0.05, 0.1) is 18.3 Å². The third-order valence-electron chi connectivity index (χ3n) is 9.88. The van der Waals surface area contributed by atoms with Gasteiger partial charge in [-0.1, -0.05) is 25.8 Å². The minimum Gasteiger partial charge on any atom is -0.489 e. The van der Waals surface area contributed by atoms with Crippen LogP contribution in [0.15, 0.2) is 72.9 Å². The Morgan fingerprint density at radius 2 is 1.33 bits per heavy atom. The fourth-order valence-corrected chi connectivity index (χ4v) is 7.07. The number of carbonyl (C=O) groups is 3. The molecule has 0 spiro atoms. The maximum Gasteiger partial charge on any atom is 0.338 e. The topological polar surface area (TPSA) is 116 Å². The standard InChI is InChI=1S/C42H44O10/c1-21(2)40(43)50-11-10-49-35-19-29-24(15-34(29)46-7)13-30(35)28-18-32-31(14-26(28)20-51-41(44)22(3)4)38(39(32)48-9)33-17-27(52-42(45)23(5)6)12-25-16-36(47-8)37(25)33/h12-14,17-19,34,36,38-39H,1,3,5,10-11,15-16,20H2,2,4,6-9H3. The summed E-state index contributed by atoms with van der Waals surface area (Å²) in [5, 5.41) is 0. The molecule has 0 aromatic heterocycles. The van der Waals surface area contributed by atoms with E-state index in [9.17, 15) is 14.4 Å². The second-order valence-corrected chi connectivity index (χ2v) is 13.6. The second kappa shape index (κ2) is 14.9. The van der Waals surface area contributed by atoms with Gasteiger partial charge in [-0.15, -0.1) is 0 Å². The summed E-state index contributed by atoms with van der Waals surface area (Å²) in [6.07, 6.45) is 0.915. The Kier molecular flexibility index (Phi) is 10.5. The summed E-state index contributed by atoms with van der Waals surface area (Å²) in [6.45, 7) is 16.0. The molecular formula is C42H44O10. The highest BCUT2D eigenvalue weighted by Gasteiger charge is 2.44. The van der Waals surface area contributed by atoms with Crippen LogP contribution in [0, 0.1) is 0 Å². The van der Waals surface area contributed by atoms with Crippen LogP contribution in [0.25, 0.3) is 11.1 Å². The van der Waals surface area contributed by atoms with Crippen molar-refractivity contribution in [2.75, 3.05) is 34.5 Å². The van der Waals surface area contributed by atoms with E-state index in [0.717, 1.165) is 62.1 Å². The van der Waals surface area contributed by atoms with Crippen molar-refractivity contribution in [2.24, 2.45) is 0 Å². The predicted octanol–water partition coefficient (Wildman–Crippen LogP) is 7.27.